The number of rotatable bonds is 8. The number of aromatic hydroxyl groups is 1. The number of hydrogen-bond acceptors (Lipinski definition) is 1. The Morgan fingerprint density at radius 1 is 0.875 bits per heavy atom. The molecule has 1 heteroatoms. The summed E-state index contributed by atoms with van der Waals surface area (Å²) in [7, 11) is 0. The quantitative estimate of drug-likeness (QED) is 0.498. The van der Waals surface area contributed by atoms with E-state index in [1.807, 2.05) is 18.2 Å². The number of phenolic OH excluding ortho intramolecular Hbond substituents is 1. The second kappa shape index (κ2) is 8.92. The van der Waals surface area contributed by atoms with Crippen molar-refractivity contribution in [2.45, 2.75) is 87.0 Å². The van der Waals surface area contributed by atoms with Crippen LogP contribution in [-0.2, 0) is 6.42 Å². The Morgan fingerprint density at radius 2 is 1.46 bits per heavy atom. The number of para-hydroxylation sites is 1. The van der Waals surface area contributed by atoms with Gasteiger partial charge in [0.25, 0.3) is 0 Å². The molecule has 0 heterocycles. The van der Waals surface area contributed by atoms with Gasteiger partial charge in [-0.15, -0.1) is 0 Å². The van der Waals surface area contributed by atoms with Gasteiger partial charge in [-0.05, 0) is 53.6 Å². The molecule has 1 N–H and O–H groups in total. The van der Waals surface area contributed by atoms with Gasteiger partial charge in [-0.1, -0.05) is 85.9 Å². The minimum absolute atomic E-state index is 0.247. The van der Waals surface area contributed by atoms with Gasteiger partial charge in [-0.3, -0.25) is 0 Å². The second-order valence-electron chi connectivity index (χ2n) is 9.69. The van der Waals surface area contributed by atoms with Crippen LogP contribution in [0.25, 0.3) is 0 Å². The topological polar surface area (TPSA) is 20.2 Å². The first-order valence-electron chi connectivity index (χ1n) is 9.82. The monoisotopic (exact) mass is 332 g/mol. The fourth-order valence-electron chi connectivity index (χ4n) is 3.58. The third-order valence-corrected chi connectivity index (χ3v) is 5.63. The molecule has 0 aliphatic heterocycles. The van der Waals surface area contributed by atoms with Crippen molar-refractivity contribution in [3.63, 3.8) is 0 Å². The molecule has 1 aromatic carbocycles. The van der Waals surface area contributed by atoms with Crippen molar-refractivity contribution in [3.05, 3.63) is 29.8 Å². The van der Waals surface area contributed by atoms with Gasteiger partial charge in [0.1, 0.15) is 5.75 Å². The predicted molar refractivity (Wildman–Crippen MR) is 106 cm³/mol. The van der Waals surface area contributed by atoms with Crippen molar-refractivity contribution in [1.29, 1.82) is 0 Å². The maximum absolute atomic E-state index is 10.2. The van der Waals surface area contributed by atoms with Crippen LogP contribution in [0, 0.1) is 22.7 Å². The van der Waals surface area contributed by atoms with Crippen LogP contribution in [0.5, 0.6) is 5.75 Å². The van der Waals surface area contributed by atoms with Crippen LogP contribution in [0.15, 0.2) is 24.3 Å². The van der Waals surface area contributed by atoms with Gasteiger partial charge in [0.2, 0.25) is 0 Å². The van der Waals surface area contributed by atoms with Crippen molar-refractivity contribution in [3.8, 4) is 5.75 Å². The Labute approximate surface area is 150 Å². The molecule has 2 unspecified atom stereocenters. The van der Waals surface area contributed by atoms with E-state index in [0.717, 1.165) is 17.9 Å². The zero-order valence-corrected chi connectivity index (χ0v) is 17.2. The number of phenols is 1. The lowest BCUT2D eigenvalue weighted by atomic mass is 9.66. The number of benzene rings is 1. The third-order valence-electron chi connectivity index (χ3n) is 5.63. The Bertz CT molecular complexity index is 476. The Morgan fingerprint density at radius 3 is 1.96 bits per heavy atom. The summed E-state index contributed by atoms with van der Waals surface area (Å²) in [6.45, 7) is 16.5. The smallest absolute Gasteiger partial charge is 0.118 e. The Balaban J connectivity index is 2.92. The summed E-state index contributed by atoms with van der Waals surface area (Å²) in [6.07, 6.45) is 7.50. The van der Waals surface area contributed by atoms with E-state index in [1.165, 1.54) is 32.1 Å². The van der Waals surface area contributed by atoms with E-state index in [1.54, 1.807) is 0 Å². The summed E-state index contributed by atoms with van der Waals surface area (Å²) >= 11 is 0. The number of hydrogen-bond donors (Lipinski definition) is 1. The molecule has 0 bridgehead atoms. The van der Waals surface area contributed by atoms with Crippen LogP contribution in [0.2, 0.25) is 0 Å². The molecule has 24 heavy (non-hydrogen) atoms. The van der Waals surface area contributed by atoms with Crippen LogP contribution in [0.3, 0.4) is 0 Å². The lowest BCUT2D eigenvalue weighted by Crippen LogP contribution is -2.30. The molecule has 1 aromatic rings. The average molecular weight is 333 g/mol. The summed E-state index contributed by atoms with van der Waals surface area (Å²) in [5.41, 5.74) is 1.69. The molecule has 1 rings (SSSR count). The molecule has 0 amide bonds. The lowest BCUT2D eigenvalue weighted by molar-refractivity contribution is 0.123. The van der Waals surface area contributed by atoms with Crippen LogP contribution in [-0.4, -0.2) is 5.11 Å². The molecule has 138 valence electrons. The SMILES string of the molecule is CCCCCC(CC(Cc1ccccc1O)C(C)(C)C)C(C)(C)C. The molecule has 0 radical (unpaired) electrons. The van der Waals surface area contributed by atoms with E-state index < -0.39 is 0 Å². The van der Waals surface area contributed by atoms with Gasteiger partial charge in [0.15, 0.2) is 0 Å². The Kier molecular flexibility index (Phi) is 7.83. The van der Waals surface area contributed by atoms with Gasteiger partial charge in [-0.2, -0.15) is 0 Å². The largest absolute Gasteiger partial charge is 0.508 e. The fraction of sp³-hybridized carbons (Fsp3) is 0.739. The highest BCUT2D eigenvalue weighted by atomic mass is 16.3. The van der Waals surface area contributed by atoms with Crippen molar-refractivity contribution in [2.75, 3.05) is 0 Å². The normalized spacial score (nSPS) is 15.3. The minimum atomic E-state index is 0.247. The molecule has 0 aliphatic carbocycles. The highest BCUT2D eigenvalue weighted by Crippen LogP contribution is 2.42. The molecular formula is C23H40O. The molecule has 1 nitrogen and oxygen atoms in total. The average Bonchev–Trinajstić information content (AvgIpc) is 2.45. The molecule has 0 fully saturated rings. The van der Waals surface area contributed by atoms with Gasteiger partial charge < -0.3 is 5.11 Å². The third kappa shape index (κ3) is 6.87. The summed E-state index contributed by atoms with van der Waals surface area (Å²) in [5, 5.41) is 10.2. The highest BCUT2D eigenvalue weighted by Gasteiger charge is 2.32. The van der Waals surface area contributed by atoms with Gasteiger partial charge in [-0.25, -0.2) is 0 Å². The van der Waals surface area contributed by atoms with Crippen LogP contribution in [0.4, 0.5) is 0 Å². The van der Waals surface area contributed by atoms with E-state index in [2.05, 4.69) is 54.5 Å². The maximum atomic E-state index is 10.2. The van der Waals surface area contributed by atoms with E-state index in [4.69, 9.17) is 0 Å². The molecule has 0 saturated carbocycles. The first kappa shape index (κ1) is 21.1. The van der Waals surface area contributed by atoms with E-state index in [9.17, 15) is 5.11 Å². The lowest BCUT2D eigenvalue weighted by Gasteiger charge is -2.39. The molecular weight excluding hydrogens is 292 g/mol. The number of unbranched alkanes of at least 4 members (excludes halogenated alkanes) is 2. The van der Waals surface area contributed by atoms with Gasteiger partial charge >= 0.3 is 0 Å². The van der Waals surface area contributed by atoms with Crippen LogP contribution < -0.4 is 0 Å². The Hall–Kier alpha value is -0.980. The summed E-state index contributed by atoms with van der Waals surface area (Å²) in [5.74, 6) is 1.76. The summed E-state index contributed by atoms with van der Waals surface area (Å²) in [6, 6.07) is 7.85. The maximum Gasteiger partial charge on any atom is 0.118 e. The highest BCUT2D eigenvalue weighted by molar-refractivity contribution is 5.32. The van der Waals surface area contributed by atoms with E-state index in [-0.39, 0.29) is 5.41 Å². The van der Waals surface area contributed by atoms with Gasteiger partial charge in [0.05, 0.1) is 0 Å². The first-order chi connectivity index (χ1) is 11.1. The van der Waals surface area contributed by atoms with Gasteiger partial charge in [0, 0.05) is 0 Å². The predicted octanol–water partition coefficient (Wildman–Crippen LogP) is 7.23. The fourth-order valence-corrected chi connectivity index (χ4v) is 3.58. The minimum Gasteiger partial charge on any atom is -0.508 e. The van der Waals surface area contributed by atoms with Crippen molar-refractivity contribution < 1.29 is 5.11 Å². The van der Waals surface area contributed by atoms with Crippen molar-refractivity contribution in [2.24, 2.45) is 22.7 Å². The molecule has 0 saturated heterocycles. The molecule has 0 spiro atoms. The zero-order chi connectivity index (χ0) is 18.4. The standard InChI is InChI=1S/C23H40O/c1-8-9-10-14-19(22(2,3)4)17-20(23(5,6)7)16-18-13-11-12-15-21(18)24/h11-13,15,19-20,24H,8-10,14,16-17H2,1-7H3. The second-order valence-corrected chi connectivity index (χ2v) is 9.69. The molecule has 2 atom stereocenters. The zero-order valence-electron chi connectivity index (χ0n) is 17.2. The van der Waals surface area contributed by atoms with Crippen LogP contribution in [0.1, 0.15) is 86.1 Å². The van der Waals surface area contributed by atoms with E-state index in [0.29, 0.717) is 17.1 Å². The van der Waals surface area contributed by atoms with Crippen LogP contribution >= 0.6 is 0 Å². The first-order valence-corrected chi connectivity index (χ1v) is 9.82. The van der Waals surface area contributed by atoms with Crippen molar-refractivity contribution >= 4 is 0 Å². The summed E-state index contributed by atoms with van der Waals surface area (Å²) in [4.78, 5) is 0. The molecule has 0 aromatic heterocycles. The van der Waals surface area contributed by atoms with E-state index >= 15 is 0 Å². The molecule has 0 aliphatic rings. The van der Waals surface area contributed by atoms with Crippen molar-refractivity contribution in [1.82, 2.24) is 0 Å². The summed E-state index contributed by atoms with van der Waals surface area (Å²) < 4.78 is 0.